The predicted octanol–water partition coefficient (Wildman–Crippen LogP) is -0.529. The summed E-state index contributed by atoms with van der Waals surface area (Å²) in [7, 11) is 0. The van der Waals surface area contributed by atoms with Gasteiger partial charge in [0.2, 0.25) is 17.8 Å². The Morgan fingerprint density at radius 2 is 2.10 bits per heavy atom. The Morgan fingerprint density at radius 1 is 1.31 bits per heavy atom. The number of aromatic nitrogens is 4. The summed E-state index contributed by atoms with van der Waals surface area (Å²) in [6.07, 6.45) is 4.73. The summed E-state index contributed by atoms with van der Waals surface area (Å²) in [5.41, 5.74) is 2.71. The number of thioether (sulfide) groups is 1. The molecular weight excluding hydrogens is 396 g/mol. The molecule has 0 atom stereocenters. The Kier molecular flexibility index (Phi) is 6.89. The molecule has 2 aromatic heterocycles. The van der Waals surface area contributed by atoms with Crippen molar-refractivity contribution in [3.63, 3.8) is 0 Å². The van der Waals surface area contributed by atoms with E-state index in [2.05, 4.69) is 30.7 Å². The van der Waals surface area contributed by atoms with Gasteiger partial charge < -0.3 is 9.80 Å². The maximum absolute atomic E-state index is 12.2. The summed E-state index contributed by atoms with van der Waals surface area (Å²) in [6.45, 7) is 3.79. The first-order valence-corrected chi connectivity index (χ1v) is 9.83. The topological polar surface area (TPSA) is 137 Å². The minimum Gasteiger partial charge on any atom is -0.339 e. The van der Waals surface area contributed by atoms with Gasteiger partial charge in [0, 0.05) is 51.1 Å². The first-order valence-electron chi connectivity index (χ1n) is 8.85. The van der Waals surface area contributed by atoms with E-state index in [1.807, 2.05) is 4.90 Å². The summed E-state index contributed by atoms with van der Waals surface area (Å²) < 4.78 is 0. The third-order valence-electron chi connectivity index (χ3n) is 4.11. The maximum atomic E-state index is 12.2. The van der Waals surface area contributed by atoms with Crippen LogP contribution in [-0.2, 0) is 9.59 Å². The molecule has 0 bridgehead atoms. The average molecular weight is 416 g/mol. The SMILES string of the molecule is CC(=O)N1CCN(c2nnc(SCC(=O)NN=Cc3cccnc3)c(=O)[nH]2)CC1. The lowest BCUT2D eigenvalue weighted by Gasteiger charge is -2.34. The molecule has 0 aromatic carbocycles. The number of rotatable bonds is 6. The third-order valence-corrected chi connectivity index (χ3v) is 5.05. The van der Waals surface area contributed by atoms with Gasteiger partial charge in [-0.15, -0.1) is 10.2 Å². The number of carbonyl (C=O) groups excluding carboxylic acids is 2. The van der Waals surface area contributed by atoms with E-state index >= 15 is 0 Å². The van der Waals surface area contributed by atoms with Gasteiger partial charge in [0.1, 0.15) is 0 Å². The van der Waals surface area contributed by atoms with Gasteiger partial charge in [-0.3, -0.25) is 24.4 Å². The second-order valence-electron chi connectivity index (χ2n) is 6.14. The summed E-state index contributed by atoms with van der Waals surface area (Å²) in [5.74, 6) is -0.0217. The molecule has 1 fully saturated rings. The van der Waals surface area contributed by atoms with Gasteiger partial charge in [0.05, 0.1) is 12.0 Å². The molecule has 1 aliphatic rings. The van der Waals surface area contributed by atoms with Crippen molar-refractivity contribution in [3.8, 4) is 0 Å². The van der Waals surface area contributed by atoms with Crippen molar-refractivity contribution in [1.82, 2.24) is 30.5 Å². The lowest BCUT2D eigenvalue weighted by Crippen LogP contribution is -2.49. The van der Waals surface area contributed by atoms with Crippen LogP contribution in [0.4, 0.5) is 5.95 Å². The van der Waals surface area contributed by atoms with Crippen LogP contribution in [0.5, 0.6) is 0 Å². The van der Waals surface area contributed by atoms with Gasteiger partial charge in [-0.05, 0) is 6.07 Å². The highest BCUT2D eigenvalue weighted by molar-refractivity contribution is 7.99. The van der Waals surface area contributed by atoms with Gasteiger partial charge in [-0.2, -0.15) is 5.10 Å². The Balaban J connectivity index is 1.49. The molecule has 3 rings (SSSR count). The molecule has 0 aliphatic carbocycles. The number of H-pyrrole nitrogens is 1. The van der Waals surface area contributed by atoms with Crippen LogP contribution in [0.3, 0.4) is 0 Å². The number of hydrogen-bond acceptors (Lipinski definition) is 9. The Labute approximate surface area is 170 Å². The van der Waals surface area contributed by atoms with Gasteiger partial charge in [0.25, 0.3) is 5.56 Å². The van der Waals surface area contributed by atoms with Crippen molar-refractivity contribution < 1.29 is 9.59 Å². The number of nitrogens with zero attached hydrogens (tertiary/aromatic N) is 6. The van der Waals surface area contributed by atoms with Crippen molar-refractivity contribution in [2.24, 2.45) is 5.10 Å². The van der Waals surface area contributed by atoms with Gasteiger partial charge in [0.15, 0.2) is 5.03 Å². The highest BCUT2D eigenvalue weighted by Crippen LogP contribution is 2.12. The van der Waals surface area contributed by atoms with Crippen molar-refractivity contribution >= 4 is 35.7 Å². The van der Waals surface area contributed by atoms with E-state index in [1.54, 1.807) is 29.4 Å². The van der Waals surface area contributed by atoms with Crippen LogP contribution >= 0.6 is 11.8 Å². The molecular formula is C17H20N8O3S. The van der Waals surface area contributed by atoms with E-state index in [-0.39, 0.29) is 22.6 Å². The number of hydrazone groups is 1. The highest BCUT2D eigenvalue weighted by atomic mass is 32.2. The molecule has 3 heterocycles. The third kappa shape index (κ3) is 5.85. The number of hydrogen-bond donors (Lipinski definition) is 2. The van der Waals surface area contributed by atoms with Crippen LogP contribution < -0.4 is 15.9 Å². The van der Waals surface area contributed by atoms with E-state index in [9.17, 15) is 14.4 Å². The van der Waals surface area contributed by atoms with Crippen molar-refractivity contribution in [2.45, 2.75) is 11.9 Å². The highest BCUT2D eigenvalue weighted by Gasteiger charge is 2.21. The normalized spacial score (nSPS) is 14.2. The summed E-state index contributed by atoms with van der Waals surface area (Å²) in [4.78, 5) is 45.7. The van der Waals surface area contributed by atoms with Crippen molar-refractivity contribution in [2.75, 3.05) is 36.8 Å². The monoisotopic (exact) mass is 416 g/mol. The Hall–Kier alpha value is -3.28. The predicted molar refractivity (Wildman–Crippen MR) is 108 cm³/mol. The van der Waals surface area contributed by atoms with Crippen LogP contribution in [0.25, 0.3) is 0 Å². The van der Waals surface area contributed by atoms with Crippen LogP contribution in [0, 0.1) is 0 Å². The molecule has 2 aromatic rings. The molecule has 0 radical (unpaired) electrons. The molecule has 0 unspecified atom stereocenters. The van der Waals surface area contributed by atoms with E-state index in [1.165, 1.54) is 13.1 Å². The summed E-state index contributed by atoms with van der Waals surface area (Å²) in [5, 5.41) is 11.9. The molecule has 152 valence electrons. The fraction of sp³-hybridized carbons (Fsp3) is 0.353. The summed E-state index contributed by atoms with van der Waals surface area (Å²) >= 11 is 0.974. The molecule has 0 saturated carbocycles. The minimum absolute atomic E-state index is 0.0269. The largest absolute Gasteiger partial charge is 0.339 e. The lowest BCUT2D eigenvalue weighted by molar-refractivity contribution is -0.129. The number of amides is 2. The summed E-state index contributed by atoms with van der Waals surface area (Å²) in [6, 6.07) is 3.56. The molecule has 12 heteroatoms. The smallest absolute Gasteiger partial charge is 0.285 e. The first kappa shape index (κ1) is 20.5. The molecule has 1 saturated heterocycles. The zero-order chi connectivity index (χ0) is 20.6. The zero-order valence-corrected chi connectivity index (χ0v) is 16.6. The number of nitrogens with one attached hydrogen (secondary N) is 2. The van der Waals surface area contributed by atoms with Crippen LogP contribution in [0.1, 0.15) is 12.5 Å². The zero-order valence-electron chi connectivity index (χ0n) is 15.7. The Morgan fingerprint density at radius 3 is 2.76 bits per heavy atom. The number of piperazine rings is 1. The standard InChI is InChI=1S/C17H20N8O3S/c1-12(26)24-5-7-25(8-6-24)17-20-15(28)16(22-23-17)29-11-14(27)21-19-10-13-3-2-4-18-9-13/h2-4,9-10H,5-8,11H2,1H3,(H,21,27)(H,20,23,28). The molecule has 2 amide bonds. The van der Waals surface area contributed by atoms with E-state index in [0.717, 1.165) is 17.3 Å². The molecule has 0 spiro atoms. The molecule has 1 aliphatic heterocycles. The second-order valence-corrected chi connectivity index (χ2v) is 7.11. The van der Waals surface area contributed by atoms with Crippen molar-refractivity contribution in [1.29, 1.82) is 0 Å². The first-order chi connectivity index (χ1) is 14.0. The number of anilines is 1. The van der Waals surface area contributed by atoms with Crippen LogP contribution in [-0.4, -0.2) is 75.0 Å². The maximum Gasteiger partial charge on any atom is 0.285 e. The average Bonchev–Trinajstić information content (AvgIpc) is 2.73. The van der Waals surface area contributed by atoms with Crippen molar-refractivity contribution in [3.05, 3.63) is 40.4 Å². The second kappa shape index (κ2) is 9.78. The van der Waals surface area contributed by atoms with E-state index < -0.39 is 5.56 Å². The van der Waals surface area contributed by atoms with E-state index in [0.29, 0.717) is 32.1 Å². The van der Waals surface area contributed by atoms with Gasteiger partial charge >= 0.3 is 0 Å². The fourth-order valence-corrected chi connectivity index (χ4v) is 3.20. The fourth-order valence-electron chi connectivity index (χ4n) is 2.59. The molecule has 29 heavy (non-hydrogen) atoms. The quantitative estimate of drug-likeness (QED) is 0.364. The van der Waals surface area contributed by atoms with E-state index in [4.69, 9.17) is 0 Å². The number of aromatic amines is 1. The molecule has 2 N–H and O–H groups in total. The van der Waals surface area contributed by atoms with Crippen LogP contribution in [0.2, 0.25) is 0 Å². The number of pyridine rings is 1. The minimum atomic E-state index is -0.416. The van der Waals surface area contributed by atoms with Gasteiger partial charge in [-0.25, -0.2) is 5.43 Å². The lowest BCUT2D eigenvalue weighted by atomic mass is 10.3. The number of carbonyl (C=O) groups is 2. The molecule has 11 nitrogen and oxygen atoms in total. The van der Waals surface area contributed by atoms with Gasteiger partial charge in [-0.1, -0.05) is 17.8 Å². The van der Waals surface area contributed by atoms with Crippen LogP contribution in [0.15, 0.2) is 39.4 Å². The Bertz CT molecular complexity index is 941.